The zero-order valence-corrected chi connectivity index (χ0v) is 23.0. The number of H-pyrrole nitrogens is 1. The lowest BCUT2D eigenvalue weighted by Crippen LogP contribution is -2.45. The fraction of sp³-hybridized carbons (Fsp3) is 0.536. The van der Waals surface area contributed by atoms with Crippen LogP contribution in [0.2, 0.25) is 0 Å². The molecule has 0 spiro atoms. The molecular weight excluding hydrogens is 503 g/mol. The summed E-state index contributed by atoms with van der Waals surface area (Å²) in [6, 6.07) is 3.41. The molecule has 3 atom stereocenters. The van der Waals surface area contributed by atoms with Gasteiger partial charge in [0.05, 0.1) is 6.04 Å². The molecule has 0 bridgehead atoms. The van der Waals surface area contributed by atoms with Crippen LogP contribution in [0.1, 0.15) is 64.9 Å². The Balaban J connectivity index is 2.28. The number of amides is 2. The number of Topliss-reactive ketones (excluding diaryl/α,β-unsaturated/α-hetero) is 2. The Morgan fingerprint density at radius 2 is 1.79 bits per heavy atom. The van der Waals surface area contributed by atoms with Crippen molar-refractivity contribution in [2.24, 2.45) is 39.9 Å². The molecule has 0 unspecified atom stereocenters. The van der Waals surface area contributed by atoms with Crippen molar-refractivity contribution in [1.29, 1.82) is 0 Å². The summed E-state index contributed by atoms with van der Waals surface area (Å²) in [4.78, 5) is 58.2. The van der Waals surface area contributed by atoms with E-state index in [-0.39, 0.29) is 62.1 Å². The van der Waals surface area contributed by atoms with Gasteiger partial charge in [-0.25, -0.2) is 4.39 Å². The van der Waals surface area contributed by atoms with E-state index >= 15 is 0 Å². The fourth-order valence-electron chi connectivity index (χ4n) is 4.62. The largest absolute Gasteiger partial charge is 0.370 e. The zero-order valence-electron chi connectivity index (χ0n) is 23.0. The average molecular weight is 545 g/mol. The van der Waals surface area contributed by atoms with Gasteiger partial charge in [-0.15, -0.1) is 0 Å². The number of carbonyl (C=O) groups is 4. The quantitative estimate of drug-likeness (QED) is 0.116. The summed E-state index contributed by atoms with van der Waals surface area (Å²) in [6.07, 6.45) is 3.07. The van der Waals surface area contributed by atoms with E-state index in [9.17, 15) is 23.6 Å². The van der Waals surface area contributed by atoms with Crippen LogP contribution in [0.5, 0.6) is 0 Å². The number of benzene rings is 1. The van der Waals surface area contributed by atoms with E-state index < -0.39 is 35.5 Å². The molecule has 0 fully saturated rings. The van der Waals surface area contributed by atoms with Crippen LogP contribution in [0.4, 0.5) is 4.39 Å². The number of halogens is 1. The van der Waals surface area contributed by atoms with Crippen LogP contribution in [-0.4, -0.2) is 46.9 Å². The summed E-state index contributed by atoms with van der Waals surface area (Å²) in [5.74, 6) is -3.26. The number of aromatic nitrogens is 1. The van der Waals surface area contributed by atoms with Crippen LogP contribution in [0.3, 0.4) is 0 Å². The summed E-state index contributed by atoms with van der Waals surface area (Å²) >= 11 is 0. The molecule has 2 rings (SSSR count). The molecule has 1 aromatic heterocycles. The Labute approximate surface area is 228 Å². The van der Waals surface area contributed by atoms with Crippen molar-refractivity contribution in [2.75, 3.05) is 6.54 Å². The summed E-state index contributed by atoms with van der Waals surface area (Å²) in [5.41, 5.74) is 17.7. The number of aromatic amines is 1. The number of nitrogens with one attached hydrogen (secondary N) is 2. The van der Waals surface area contributed by atoms with Crippen molar-refractivity contribution in [3.05, 3.63) is 35.8 Å². The van der Waals surface area contributed by atoms with E-state index in [0.717, 1.165) is 0 Å². The van der Waals surface area contributed by atoms with Gasteiger partial charge in [-0.2, -0.15) is 0 Å². The highest BCUT2D eigenvalue weighted by Crippen LogP contribution is 2.24. The Bertz CT molecular complexity index is 1190. The predicted molar refractivity (Wildman–Crippen MR) is 149 cm³/mol. The number of carbonyl (C=O) groups excluding carboxylic acids is 4. The molecule has 2 aromatic rings. The highest BCUT2D eigenvalue weighted by molar-refractivity contribution is 5.94. The fourth-order valence-corrected chi connectivity index (χ4v) is 4.62. The number of nitrogens with two attached hydrogens (primary N) is 3. The molecule has 2 amide bonds. The third-order valence-corrected chi connectivity index (χ3v) is 6.69. The number of nitrogens with zero attached hydrogens (tertiary/aromatic N) is 1. The van der Waals surface area contributed by atoms with E-state index in [4.69, 9.17) is 17.2 Å². The van der Waals surface area contributed by atoms with Crippen molar-refractivity contribution >= 4 is 40.2 Å². The molecule has 10 nitrogen and oxygen atoms in total. The first-order chi connectivity index (χ1) is 18.4. The summed E-state index contributed by atoms with van der Waals surface area (Å²) in [6.45, 7) is 5.83. The number of fused-ring (bicyclic) bond motifs is 1. The summed E-state index contributed by atoms with van der Waals surface area (Å²) in [5, 5.41) is 3.44. The van der Waals surface area contributed by atoms with Crippen molar-refractivity contribution in [1.82, 2.24) is 10.3 Å². The first kappa shape index (κ1) is 31.5. The standard InChI is InChI=1S/C28H41FN6O4/c1-4-21(36)12-18(11-19-15-34-23-8-7-20(29)14-22(19)23)27(39)35-24(6-5-9-33-28(31)32)25(37)13-17(26(30)38)10-16(2)3/h7-8,14-18,24,34H,4-6,9-13H2,1-3H3,(H2,30,38)(H,35,39)(H4,31,32,33)/t17-,18-,24+/m1/s1. The second kappa shape index (κ2) is 15.0. The second-order valence-corrected chi connectivity index (χ2v) is 10.4. The summed E-state index contributed by atoms with van der Waals surface area (Å²) in [7, 11) is 0. The number of aliphatic imine (C=N–C) groups is 1. The monoisotopic (exact) mass is 544 g/mol. The Kier molecular flexibility index (Phi) is 12.1. The number of hydrogen-bond acceptors (Lipinski definition) is 5. The van der Waals surface area contributed by atoms with E-state index in [1.165, 1.54) is 12.1 Å². The molecule has 39 heavy (non-hydrogen) atoms. The van der Waals surface area contributed by atoms with Crippen molar-refractivity contribution < 1.29 is 23.6 Å². The van der Waals surface area contributed by atoms with E-state index in [1.807, 2.05) is 13.8 Å². The lowest BCUT2D eigenvalue weighted by Gasteiger charge is -2.23. The van der Waals surface area contributed by atoms with E-state index in [2.05, 4.69) is 15.3 Å². The molecular formula is C28H41FN6O4. The van der Waals surface area contributed by atoms with Crippen LogP contribution in [0, 0.1) is 23.6 Å². The normalized spacial score (nSPS) is 13.6. The number of hydrogen-bond donors (Lipinski definition) is 5. The predicted octanol–water partition coefficient (Wildman–Crippen LogP) is 2.48. The van der Waals surface area contributed by atoms with Crippen LogP contribution in [-0.2, 0) is 25.6 Å². The highest BCUT2D eigenvalue weighted by Gasteiger charge is 2.30. The molecule has 0 saturated heterocycles. The van der Waals surface area contributed by atoms with Crippen molar-refractivity contribution in [2.45, 2.75) is 71.8 Å². The maximum Gasteiger partial charge on any atom is 0.224 e. The molecule has 0 aliphatic heterocycles. The smallest absolute Gasteiger partial charge is 0.224 e. The Hall–Kier alpha value is -3.76. The van der Waals surface area contributed by atoms with Gasteiger partial charge in [-0.3, -0.25) is 24.2 Å². The van der Waals surface area contributed by atoms with Gasteiger partial charge in [0.1, 0.15) is 11.6 Å². The van der Waals surface area contributed by atoms with Crippen LogP contribution < -0.4 is 22.5 Å². The van der Waals surface area contributed by atoms with Crippen LogP contribution in [0.15, 0.2) is 29.4 Å². The molecule has 0 aliphatic rings. The maximum atomic E-state index is 13.9. The lowest BCUT2D eigenvalue weighted by molar-refractivity contribution is -0.133. The molecule has 11 heteroatoms. The minimum Gasteiger partial charge on any atom is -0.370 e. The molecule has 0 saturated carbocycles. The third-order valence-electron chi connectivity index (χ3n) is 6.69. The number of rotatable bonds is 17. The average Bonchev–Trinajstić information content (AvgIpc) is 3.25. The molecule has 1 aromatic carbocycles. The van der Waals surface area contributed by atoms with Gasteiger partial charge in [-0.05, 0) is 55.4 Å². The third kappa shape index (κ3) is 10.1. The molecule has 1 heterocycles. The van der Waals surface area contributed by atoms with Gasteiger partial charge in [0.15, 0.2) is 11.7 Å². The second-order valence-electron chi connectivity index (χ2n) is 10.4. The molecule has 0 radical (unpaired) electrons. The van der Waals surface area contributed by atoms with Crippen molar-refractivity contribution in [3.63, 3.8) is 0 Å². The Morgan fingerprint density at radius 3 is 2.41 bits per heavy atom. The van der Waals surface area contributed by atoms with Crippen LogP contribution >= 0.6 is 0 Å². The molecule has 0 aliphatic carbocycles. The van der Waals surface area contributed by atoms with Crippen LogP contribution in [0.25, 0.3) is 10.9 Å². The zero-order chi connectivity index (χ0) is 29.1. The van der Waals surface area contributed by atoms with Gasteiger partial charge in [0.25, 0.3) is 0 Å². The van der Waals surface area contributed by atoms with Crippen molar-refractivity contribution in [3.8, 4) is 0 Å². The summed E-state index contributed by atoms with van der Waals surface area (Å²) < 4.78 is 13.9. The van der Waals surface area contributed by atoms with Gasteiger partial charge in [-0.1, -0.05) is 20.8 Å². The lowest BCUT2D eigenvalue weighted by atomic mass is 9.88. The molecule has 214 valence electrons. The number of primary amides is 1. The van der Waals surface area contributed by atoms with E-state index in [1.54, 1.807) is 19.2 Å². The number of guanidine groups is 1. The minimum absolute atomic E-state index is 0.0313. The highest BCUT2D eigenvalue weighted by atomic mass is 19.1. The first-order valence-electron chi connectivity index (χ1n) is 13.4. The van der Waals surface area contributed by atoms with Gasteiger partial charge in [0, 0.05) is 54.7 Å². The molecule has 8 N–H and O–H groups in total. The Morgan fingerprint density at radius 1 is 1.08 bits per heavy atom. The minimum atomic E-state index is -0.916. The topological polar surface area (TPSA) is 187 Å². The van der Waals surface area contributed by atoms with E-state index in [0.29, 0.717) is 29.3 Å². The number of ketones is 2. The SMILES string of the molecule is CCC(=O)C[C@@H](Cc1c[nH]c2ccc(F)cc12)C(=O)N[C@@H](CCCN=C(N)N)C(=O)C[C@@H](CC(C)C)C(N)=O. The van der Waals surface area contributed by atoms with Gasteiger partial charge < -0.3 is 27.5 Å². The van der Waals surface area contributed by atoms with Gasteiger partial charge >= 0.3 is 0 Å². The maximum absolute atomic E-state index is 13.9. The first-order valence-corrected chi connectivity index (χ1v) is 13.4. The van der Waals surface area contributed by atoms with Gasteiger partial charge in [0.2, 0.25) is 11.8 Å².